The average molecular weight is 371 g/mol. The van der Waals surface area contributed by atoms with Crippen LogP contribution in [-0.4, -0.2) is 20.7 Å². The highest BCUT2D eigenvalue weighted by atomic mass is 35.5. The fourth-order valence-electron chi connectivity index (χ4n) is 3.99. The first kappa shape index (κ1) is 17.2. The van der Waals surface area contributed by atoms with E-state index in [-0.39, 0.29) is 5.69 Å². The van der Waals surface area contributed by atoms with Gasteiger partial charge in [0.15, 0.2) is 0 Å². The molecule has 0 unspecified atom stereocenters. The van der Waals surface area contributed by atoms with Gasteiger partial charge in [-0.3, -0.25) is 9.13 Å². The van der Waals surface area contributed by atoms with Crippen LogP contribution in [0, 0.1) is 0 Å². The van der Waals surface area contributed by atoms with Crippen LogP contribution >= 0.6 is 11.6 Å². The number of hydrogen-bond donors (Lipinski definition) is 0. The summed E-state index contributed by atoms with van der Waals surface area (Å²) in [5.74, 6) is 0.318. The molecule has 0 atom stereocenters. The van der Waals surface area contributed by atoms with Crippen molar-refractivity contribution in [3.63, 3.8) is 0 Å². The molecular formula is C20H23ClN4O. The Kier molecular flexibility index (Phi) is 4.07. The molecule has 1 aliphatic heterocycles. The highest BCUT2D eigenvalue weighted by molar-refractivity contribution is 6.29. The van der Waals surface area contributed by atoms with Crippen LogP contribution < -0.4 is 10.6 Å². The van der Waals surface area contributed by atoms with Crippen molar-refractivity contribution in [3.8, 4) is 0 Å². The lowest BCUT2D eigenvalue weighted by molar-refractivity contribution is 0.762. The van der Waals surface area contributed by atoms with Crippen molar-refractivity contribution in [2.75, 3.05) is 11.4 Å². The van der Waals surface area contributed by atoms with Gasteiger partial charge in [0.25, 0.3) is 0 Å². The number of nitrogens with zero attached hydrogens (tertiary/aromatic N) is 4. The summed E-state index contributed by atoms with van der Waals surface area (Å²) in [6.07, 6.45) is 3.94. The molecule has 3 heterocycles. The number of hydrogen-bond acceptors (Lipinski definition) is 3. The molecule has 6 heteroatoms. The van der Waals surface area contributed by atoms with E-state index in [1.165, 1.54) is 11.1 Å². The molecule has 4 rings (SSSR count). The third-order valence-corrected chi connectivity index (χ3v) is 5.57. The summed E-state index contributed by atoms with van der Waals surface area (Å²) in [5.41, 5.74) is 6.61. The Labute approximate surface area is 157 Å². The monoisotopic (exact) mass is 370 g/mol. The molecule has 0 saturated carbocycles. The summed E-state index contributed by atoms with van der Waals surface area (Å²) >= 11 is 6.09. The van der Waals surface area contributed by atoms with E-state index in [9.17, 15) is 4.79 Å². The third kappa shape index (κ3) is 2.53. The van der Waals surface area contributed by atoms with E-state index in [1.54, 1.807) is 9.13 Å². The highest BCUT2D eigenvalue weighted by Crippen LogP contribution is 2.37. The van der Waals surface area contributed by atoms with Crippen molar-refractivity contribution in [1.82, 2.24) is 14.1 Å². The number of benzene rings is 1. The fourth-order valence-corrected chi connectivity index (χ4v) is 4.17. The Balaban J connectivity index is 1.97. The van der Waals surface area contributed by atoms with Gasteiger partial charge in [0.1, 0.15) is 5.15 Å². The van der Waals surface area contributed by atoms with Crippen LogP contribution in [0.15, 0.2) is 29.2 Å². The maximum atomic E-state index is 12.5. The van der Waals surface area contributed by atoms with Gasteiger partial charge in [0.05, 0.1) is 22.9 Å². The van der Waals surface area contributed by atoms with Crippen molar-refractivity contribution in [2.24, 2.45) is 14.1 Å². The molecule has 26 heavy (non-hydrogen) atoms. The van der Waals surface area contributed by atoms with Crippen LogP contribution in [0.25, 0.3) is 11.0 Å². The molecule has 0 N–H and O–H groups in total. The molecule has 0 saturated heterocycles. The zero-order valence-electron chi connectivity index (χ0n) is 15.6. The molecule has 0 amide bonds. The number of rotatable bonds is 2. The van der Waals surface area contributed by atoms with Crippen molar-refractivity contribution >= 4 is 34.0 Å². The molecule has 0 spiro atoms. The van der Waals surface area contributed by atoms with Crippen molar-refractivity contribution < 1.29 is 0 Å². The van der Waals surface area contributed by atoms with Gasteiger partial charge in [-0.2, -0.15) is 0 Å². The first-order valence-corrected chi connectivity index (χ1v) is 9.37. The number of aromatic nitrogens is 3. The lowest BCUT2D eigenvalue weighted by Crippen LogP contribution is -2.25. The quantitative estimate of drug-likeness (QED) is 0.637. The second kappa shape index (κ2) is 6.16. The maximum Gasteiger partial charge on any atom is 0.328 e. The Morgan fingerprint density at radius 2 is 1.92 bits per heavy atom. The molecule has 5 nitrogen and oxygen atoms in total. The van der Waals surface area contributed by atoms with Crippen LogP contribution in [0.3, 0.4) is 0 Å². The Morgan fingerprint density at radius 3 is 2.65 bits per heavy atom. The van der Waals surface area contributed by atoms with E-state index in [4.69, 9.17) is 11.6 Å². The predicted octanol–water partition coefficient (Wildman–Crippen LogP) is 4.13. The van der Waals surface area contributed by atoms with Crippen LogP contribution in [0.4, 0.5) is 11.4 Å². The van der Waals surface area contributed by atoms with Gasteiger partial charge in [0, 0.05) is 26.3 Å². The molecule has 2 aromatic heterocycles. The number of imidazole rings is 1. The SMILES string of the molecule is CC(C)c1cc(N2CCCc3cc(Cl)ncc32)cc2c1n(C)c(=O)n2C. The van der Waals surface area contributed by atoms with E-state index in [1.807, 2.05) is 26.4 Å². The Hall–Kier alpha value is -2.27. The summed E-state index contributed by atoms with van der Waals surface area (Å²) in [4.78, 5) is 19.1. The van der Waals surface area contributed by atoms with Crippen LogP contribution in [0.2, 0.25) is 5.15 Å². The van der Waals surface area contributed by atoms with E-state index in [0.717, 1.165) is 41.8 Å². The van der Waals surface area contributed by atoms with Gasteiger partial charge >= 0.3 is 5.69 Å². The molecule has 0 fully saturated rings. The number of halogens is 1. The predicted molar refractivity (Wildman–Crippen MR) is 107 cm³/mol. The summed E-state index contributed by atoms with van der Waals surface area (Å²) in [5, 5.41) is 0.536. The van der Waals surface area contributed by atoms with E-state index in [0.29, 0.717) is 11.1 Å². The van der Waals surface area contributed by atoms with E-state index >= 15 is 0 Å². The van der Waals surface area contributed by atoms with Gasteiger partial charge in [-0.1, -0.05) is 25.4 Å². The number of pyridine rings is 1. The zero-order valence-corrected chi connectivity index (χ0v) is 16.3. The zero-order chi connectivity index (χ0) is 18.6. The molecule has 0 aliphatic carbocycles. The Bertz CT molecular complexity index is 1060. The minimum atomic E-state index is 0.00606. The van der Waals surface area contributed by atoms with Crippen molar-refractivity contribution in [2.45, 2.75) is 32.6 Å². The largest absolute Gasteiger partial charge is 0.340 e. The molecule has 0 bridgehead atoms. The summed E-state index contributed by atoms with van der Waals surface area (Å²) in [7, 11) is 3.68. The van der Waals surface area contributed by atoms with Gasteiger partial charge in [0.2, 0.25) is 0 Å². The molecule has 1 aromatic carbocycles. The summed E-state index contributed by atoms with van der Waals surface area (Å²) < 4.78 is 3.48. The number of aryl methyl sites for hydroxylation is 3. The van der Waals surface area contributed by atoms with E-state index in [2.05, 4.69) is 35.9 Å². The van der Waals surface area contributed by atoms with E-state index < -0.39 is 0 Å². The van der Waals surface area contributed by atoms with Crippen molar-refractivity contribution in [1.29, 1.82) is 0 Å². The van der Waals surface area contributed by atoms with Crippen molar-refractivity contribution in [3.05, 3.63) is 51.2 Å². The normalized spacial score (nSPS) is 14.3. The smallest absolute Gasteiger partial charge is 0.328 e. The molecule has 0 radical (unpaired) electrons. The topological polar surface area (TPSA) is 43.1 Å². The standard InChI is InChI=1S/C20H23ClN4O/c1-12(2)15-9-14(10-16-19(15)24(4)20(26)23(16)3)25-7-5-6-13-8-18(21)22-11-17(13)25/h8-12H,5-7H2,1-4H3. The maximum absolute atomic E-state index is 12.5. The average Bonchev–Trinajstić information content (AvgIpc) is 2.84. The first-order valence-electron chi connectivity index (χ1n) is 8.99. The number of fused-ring (bicyclic) bond motifs is 2. The van der Waals surface area contributed by atoms with Crippen LogP contribution in [0.1, 0.15) is 37.3 Å². The van der Waals surface area contributed by atoms with Gasteiger partial charge in [-0.25, -0.2) is 9.78 Å². The van der Waals surface area contributed by atoms with Crippen LogP contribution in [-0.2, 0) is 20.5 Å². The molecule has 1 aliphatic rings. The third-order valence-electron chi connectivity index (χ3n) is 5.36. The lowest BCUT2D eigenvalue weighted by Gasteiger charge is -2.31. The first-order chi connectivity index (χ1) is 12.4. The van der Waals surface area contributed by atoms with Gasteiger partial charge < -0.3 is 4.90 Å². The van der Waals surface area contributed by atoms with Gasteiger partial charge in [-0.05, 0) is 48.1 Å². The summed E-state index contributed by atoms with van der Waals surface area (Å²) in [6.45, 7) is 5.27. The minimum absolute atomic E-state index is 0.00606. The Morgan fingerprint density at radius 1 is 1.15 bits per heavy atom. The fraction of sp³-hybridized carbons (Fsp3) is 0.400. The van der Waals surface area contributed by atoms with Crippen LogP contribution in [0.5, 0.6) is 0 Å². The molecule has 136 valence electrons. The highest BCUT2D eigenvalue weighted by Gasteiger charge is 2.22. The molecule has 3 aromatic rings. The molecular weight excluding hydrogens is 348 g/mol. The van der Waals surface area contributed by atoms with Gasteiger partial charge in [-0.15, -0.1) is 0 Å². The number of anilines is 2. The lowest BCUT2D eigenvalue weighted by atomic mass is 9.98. The second-order valence-electron chi connectivity index (χ2n) is 7.35. The second-order valence-corrected chi connectivity index (χ2v) is 7.74. The summed E-state index contributed by atoms with van der Waals surface area (Å²) in [6, 6.07) is 6.30. The minimum Gasteiger partial charge on any atom is -0.340 e.